The van der Waals surface area contributed by atoms with Gasteiger partial charge < -0.3 is 4.74 Å². The molecule has 25 heavy (non-hydrogen) atoms. The molecule has 0 atom stereocenters. The Morgan fingerprint density at radius 1 is 1.04 bits per heavy atom. The number of para-hydroxylation sites is 2. The van der Waals surface area contributed by atoms with Gasteiger partial charge in [-0.3, -0.25) is 30.6 Å². The standard InChI is InChI=1S/C16H14ClN3O5/c17-12-6-2-4-8-14(12)25-10-16(22)19-18-15(21)9-11-5-1-3-7-13(11)20(23)24/h1-8H,9-10H2,(H,18,21)(H,19,22). The van der Waals surface area contributed by atoms with Crippen LogP contribution in [0.5, 0.6) is 5.75 Å². The summed E-state index contributed by atoms with van der Waals surface area (Å²) in [6.45, 7) is -0.352. The van der Waals surface area contributed by atoms with Gasteiger partial charge in [-0.2, -0.15) is 0 Å². The quantitative estimate of drug-likeness (QED) is 0.602. The van der Waals surface area contributed by atoms with E-state index in [1.165, 1.54) is 18.2 Å². The number of hydrazine groups is 1. The van der Waals surface area contributed by atoms with Crippen molar-refractivity contribution in [3.8, 4) is 5.75 Å². The number of hydrogen-bond acceptors (Lipinski definition) is 5. The highest BCUT2D eigenvalue weighted by Gasteiger charge is 2.15. The van der Waals surface area contributed by atoms with Crippen LogP contribution in [-0.2, 0) is 16.0 Å². The first-order valence-electron chi connectivity index (χ1n) is 7.14. The molecule has 0 aromatic heterocycles. The fourth-order valence-corrected chi connectivity index (χ4v) is 2.13. The van der Waals surface area contributed by atoms with Crippen LogP contribution >= 0.6 is 11.6 Å². The number of nitro groups is 1. The number of benzene rings is 2. The molecule has 0 aliphatic rings. The Kier molecular flexibility index (Phi) is 6.30. The minimum absolute atomic E-state index is 0.161. The fourth-order valence-electron chi connectivity index (χ4n) is 1.94. The number of hydrogen-bond donors (Lipinski definition) is 2. The SMILES string of the molecule is O=C(COc1ccccc1Cl)NNC(=O)Cc1ccccc1[N+](=O)[O-]. The van der Waals surface area contributed by atoms with Gasteiger partial charge in [0.1, 0.15) is 5.75 Å². The Hall–Kier alpha value is -3.13. The topological polar surface area (TPSA) is 111 Å². The summed E-state index contributed by atoms with van der Waals surface area (Å²) >= 11 is 5.88. The van der Waals surface area contributed by atoms with Crippen molar-refractivity contribution in [1.82, 2.24) is 10.9 Å². The Morgan fingerprint density at radius 2 is 1.68 bits per heavy atom. The van der Waals surface area contributed by atoms with Gasteiger partial charge in [0.25, 0.3) is 11.6 Å². The van der Waals surface area contributed by atoms with Gasteiger partial charge in [0.15, 0.2) is 6.61 Å². The molecule has 2 rings (SSSR count). The summed E-state index contributed by atoms with van der Waals surface area (Å²) in [5, 5.41) is 11.3. The maximum Gasteiger partial charge on any atom is 0.276 e. The summed E-state index contributed by atoms with van der Waals surface area (Å²) in [7, 11) is 0. The first-order valence-corrected chi connectivity index (χ1v) is 7.52. The molecule has 0 aliphatic carbocycles. The lowest BCUT2D eigenvalue weighted by Gasteiger charge is -2.09. The zero-order chi connectivity index (χ0) is 18.2. The third-order valence-electron chi connectivity index (χ3n) is 3.08. The Bertz CT molecular complexity index is 797. The van der Waals surface area contributed by atoms with Gasteiger partial charge in [0.05, 0.1) is 16.4 Å². The van der Waals surface area contributed by atoms with Crippen LogP contribution in [0, 0.1) is 10.1 Å². The predicted molar refractivity (Wildman–Crippen MR) is 90.0 cm³/mol. The second-order valence-electron chi connectivity index (χ2n) is 4.88. The van der Waals surface area contributed by atoms with Crippen molar-refractivity contribution in [2.75, 3.05) is 6.61 Å². The van der Waals surface area contributed by atoms with Gasteiger partial charge in [0, 0.05) is 11.6 Å². The van der Waals surface area contributed by atoms with E-state index in [4.69, 9.17) is 16.3 Å². The first kappa shape index (κ1) is 18.2. The van der Waals surface area contributed by atoms with Gasteiger partial charge in [-0.05, 0) is 12.1 Å². The van der Waals surface area contributed by atoms with Gasteiger partial charge in [-0.25, -0.2) is 0 Å². The zero-order valence-electron chi connectivity index (χ0n) is 12.9. The lowest BCUT2D eigenvalue weighted by atomic mass is 10.1. The molecule has 2 aromatic carbocycles. The maximum absolute atomic E-state index is 11.8. The molecule has 9 heteroatoms. The van der Waals surface area contributed by atoms with Gasteiger partial charge in [0.2, 0.25) is 5.91 Å². The Morgan fingerprint density at radius 3 is 2.40 bits per heavy atom. The first-order chi connectivity index (χ1) is 12.0. The second-order valence-corrected chi connectivity index (χ2v) is 5.29. The van der Waals surface area contributed by atoms with E-state index in [-0.39, 0.29) is 24.3 Å². The number of rotatable bonds is 6. The highest BCUT2D eigenvalue weighted by molar-refractivity contribution is 6.32. The number of carbonyl (C=O) groups excluding carboxylic acids is 2. The van der Waals surface area contributed by atoms with Crippen molar-refractivity contribution in [3.05, 3.63) is 69.2 Å². The number of nitrogens with zero attached hydrogens (tertiary/aromatic N) is 1. The number of ether oxygens (including phenoxy) is 1. The molecule has 2 N–H and O–H groups in total. The van der Waals surface area contributed by atoms with E-state index in [0.717, 1.165) is 0 Å². The van der Waals surface area contributed by atoms with Crippen LogP contribution < -0.4 is 15.6 Å². The Labute approximate surface area is 147 Å². The summed E-state index contributed by atoms with van der Waals surface area (Å²) in [6, 6.07) is 12.5. The van der Waals surface area contributed by atoms with E-state index in [2.05, 4.69) is 10.9 Å². The van der Waals surface area contributed by atoms with Crippen LogP contribution in [0.4, 0.5) is 5.69 Å². The molecule has 2 aromatic rings. The van der Waals surface area contributed by atoms with Crippen LogP contribution in [0.1, 0.15) is 5.56 Å². The molecule has 0 aliphatic heterocycles. The summed E-state index contributed by atoms with van der Waals surface area (Å²) in [4.78, 5) is 33.8. The Balaban J connectivity index is 1.81. The van der Waals surface area contributed by atoms with Crippen LogP contribution in [0.2, 0.25) is 5.02 Å². The fraction of sp³-hybridized carbons (Fsp3) is 0.125. The van der Waals surface area contributed by atoms with Crippen LogP contribution in [-0.4, -0.2) is 23.3 Å². The van der Waals surface area contributed by atoms with Gasteiger partial charge in [-0.1, -0.05) is 41.9 Å². The highest BCUT2D eigenvalue weighted by Crippen LogP contribution is 2.22. The molecule has 0 saturated heterocycles. The molecule has 0 heterocycles. The van der Waals surface area contributed by atoms with Crippen molar-refractivity contribution in [3.63, 3.8) is 0 Å². The molecule has 0 fully saturated rings. The van der Waals surface area contributed by atoms with Gasteiger partial charge >= 0.3 is 0 Å². The van der Waals surface area contributed by atoms with Crippen molar-refractivity contribution in [2.45, 2.75) is 6.42 Å². The molecule has 8 nitrogen and oxygen atoms in total. The number of amides is 2. The van der Waals surface area contributed by atoms with Crippen LogP contribution in [0.3, 0.4) is 0 Å². The molecule has 2 amide bonds. The summed E-state index contributed by atoms with van der Waals surface area (Å²) in [5.41, 5.74) is 4.42. The van der Waals surface area contributed by atoms with Crippen LogP contribution in [0.25, 0.3) is 0 Å². The van der Waals surface area contributed by atoms with E-state index in [9.17, 15) is 19.7 Å². The monoisotopic (exact) mass is 363 g/mol. The van der Waals surface area contributed by atoms with E-state index in [0.29, 0.717) is 10.8 Å². The van der Waals surface area contributed by atoms with Crippen molar-refractivity contribution in [1.29, 1.82) is 0 Å². The maximum atomic E-state index is 11.8. The van der Waals surface area contributed by atoms with Crippen LogP contribution in [0.15, 0.2) is 48.5 Å². The van der Waals surface area contributed by atoms with Gasteiger partial charge in [-0.15, -0.1) is 0 Å². The minimum Gasteiger partial charge on any atom is -0.482 e. The molecular formula is C16H14ClN3O5. The summed E-state index contributed by atoms with van der Waals surface area (Å²) in [6.07, 6.45) is -0.247. The molecule has 130 valence electrons. The molecule has 0 radical (unpaired) electrons. The average Bonchev–Trinajstić information content (AvgIpc) is 2.59. The normalized spacial score (nSPS) is 9.96. The highest BCUT2D eigenvalue weighted by atomic mass is 35.5. The largest absolute Gasteiger partial charge is 0.482 e. The molecule has 0 unspecified atom stereocenters. The number of carbonyl (C=O) groups is 2. The summed E-state index contributed by atoms with van der Waals surface area (Å²) in [5.74, 6) is -0.859. The molecular weight excluding hydrogens is 350 g/mol. The number of nitro benzene ring substituents is 1. The molecule has 0 bridgehead atoms. The molecule has 0 saturated carbocycles. The third-order valence-corrected chi connectivity index (χ3v) is 3.39. The number of nitrogens with one attached hydrogen (secondary N) is 2. The van der Waals surface area contributed by atoms with Crippen molar-refractivity contribution >= 4 is 29.1 Å². The van der Waals surface area contributed by atoms with E-state index in [1.807, 2.05) is 0 Å². The number of halogens is 1. The van der Waals surface area contributed by atoms with Crippen molar-refractivity contribution in [2.24, 2.45) is 0 Å². The second kappa shape index (κ2) is 8.65. The smallest absolute Gasteiger partial charge is 0.276 e. The van der Waals surface area contributed by atoms with Crippen molar-refractivity contribution < 1.29 is 19.2 Å². The summed E-state index contributed by atoms with van der Waals surface area (Å²) < 4.78 is 5.22. The lowest BCUT2D eigenvalue weighted by molar-refractivity contribution is -0.385. The zero-order valence-corrected chi connectivity index (χ0v) is 13.7. The van der Waals surface area contributed by atoms with E-state index < -0.39 is 16.7 Å². The van der Waals surface area contributed by atoms with E-state index in [1.54, 1.807) is 30.3 Å². The predicted octanol–water partition coefficient (Wildman–Crippen LogP) is 2.02. The third kappa shape index (κ3) is 5.47. The molecule has 0 spiro atoms. The van der Waals surface area contributed by atoms with E-state index >= 15 is 0 Å². The average molecular weight is 364 g/mol. The lowest BCUT2D eigenvalue weighted by Crippen LogP contribution is -2.44. The minimum atomic E-state index is -0.601.